The first-order chi connectivity index (χ1) is 17.0. The van der Waals surface area contributed by atoms with E-state index < -0.39 is 40.7 Å². The Morgan fingerprint density at radius 1 is 0.857 bits per heavy atom. The zero-order valence-electron chi connectivity index (χ0n) is 18.4. The highest BCUT2D eigenvalue weighted by Crippen LogP contribution is 2.53. The van der Waals surface area contributed by atoms with Crippen molar-refractivity contribution >= 4 is 35.0 Å². The summed E-state index contributed by atoms with van der Waals surface area (Å²) in [5.41, 5.74) is 2.17. The molecule has 3 aromatic rings. The molecule has 2 saturated heterocycles. The van der Waals surface area contributed by atoms with E-state index in [9.17, 15) is 24.5 Å². The summed E-state index contributed by atoms with van der Waals surface area (Å²) in [6.07, 6.45) is 3.69. The molecule has 8 nitrogen and oxygen atoms in total. The monoisotopic (exact) mass is 465 g/mol. The van der Waals surface area contributed by atoms with Gasteiger partial charge in [-0.05, 0) is 23.3 Å². The van der Waals surface area contributed by atoms with Gasteiger partial charge in [0.25, 0.3) is 5.69 Å². The molecule has 3 heterocycles. The maximum Gasteiger partial charge on any atom is 0.271 e. The predicted octanol–water partition coefficient (Wildman–Crippen LogP) is 3.99. The lowest BCUT2D eigenvalue weighted by atomic mass is 9.83. The van der Waals surface area contributed by atoms with Crippen molar-refractivity contribution in [1.29, 1.82) is 0 Å². The molecule has 0 saturated carbocycles. The first-order valence-corrected chi connectivity index (χ1v) is 11.2. The number of Topliss-reactive ketones (excluding diaryl/α,β-unsaturated/α-hetero) is 1. The molecular formula is C27H19N3O5. The van der Waals surface area contributed by atoms with Gasteiger partial charge in [0.05, 0.1) is 28.5 Å². The zero-order valence-corrected chi connectivity index (χ0v) is 18.4. The lowest BCUT2D eigenvalue weighted by Crippen LogP contribution is -2.44. The van der Waals surface area contributed by atoms with Crippen LogP contribution in [-0.2, 0) is 9.59 Å². The number of ketones is 1. The fraction of sp³-hybridized carbons (Fsp3) is 0.148. The first-order valence-electron chi connectivity index (χ1n) is 11.2. The largest absolute Gasteiger partial charge is 0.358 e. The number of rotatable bonds is 4. The SMILES string of the molecule is O=C(c1ccccc1)[C@@H]1[C@@H]2C(=O)N(c3cccc([N+](=O)[O-])c3)C(=O)[C@@H]2[C@H]2c3ccccc3C=CN12. The number of hydrogen-bond donors (Lipinski definition) is 0. The van der Waals surface area contributed by atoms with E-state index in [1.165, 1.54) is 24.3 Å². The van der Waals surface area contributed by atoms with Gasteiger partial charge in [-0.15, -0.1) is 0 Å². The maximum absolute atomic E-state index is 13.8. The Morgan fingerprint density at radius 3 is 2.34 bits per heavy atom. The summed E-state index contributed by atoms with van der Waals surface area (Å²) in [5, 5.41) is 11.3. The zero-order chi connectivity index (χ0) is 24.3. The van der Waals surface area contributed by atoms with Crippen molar-refractivity contribution in [3.63, 3.8) is 0 Å². The first kappa shape index (κ1) is 21.0. The lowest BCUT2D eigenvalue weighted by molar-refractivity contribution is -0.384. The van der Waals surface area contributed by atoms with Gasteiger partial charge in [0.2, 0.25) is 11.8 Å². The quantitative estimate of drug-likeness (QED) is 0.250. The van der Waals surface area contributed by atoms with Gasteiger partial charge in [0.15, 0.2) is 5.78 Å². The second kappa shape index (κ2) is 7.73. The van der Waals surface area contributed by atoms with Crippen LogP contribution in [0, 0.1) is 22.0 Å². The number of benzene rings is 3. The molecule has 0 N–H and O–H groups in total. The normalized spacial score (nSPS) is 24.2. The van der Waals surface area contributed by atoms with Gasteiger partial charge in [-0.2, -0.15) is 0 Å². The summed E-state index contributed by atoms with van der Waals surface area (Å²) in [7, 11) is 0. The van der Waals surface area contributed by atoms with Crippen LogP contribution in [0.25, 0.3) is 6.08 Å². The van der Waals surface area contributed by atoms with Crippen LogP contribution in [0.3, 0.4) is 0 Å². The molecule has 172 valence electrons. The number of nitrogens with zero attached hydrogens (tertiary/aromatic N) is 3. The molecule has 0 radical (unpaired) electrons. The van der Waals surface area contributed by atoms with Crippen LogP contribution in [0.15, 0.2) is 85.1 Å². The van der Waals surface area contributed by atoms with Gasteiger partial charge >= 0.3 is 0 Å². The molecule has 35 heavy (non-hydrogen) atoms. The maximum atomic E-state index is 13.8. The van der Waals surface area contributed by atoms with Crippen molar-refractivity contribution in [2.24, 2.45) is 11.8 Å². The van der Waals surface area contributed by atoms with Crippen LogP contribution in [0.5, 0.6) is 0 Å². The van der Waals surface area contributed by atoms with Crippen LogP contribution in [0.2, 0.25) is 0 Å². The number of carbonyl (C=O) groups is 3. The fourth-order valence-corrected chi connectivity index (χ4v) is 5.63. The average molecular weight is 465 g/mol. The van der Waals surface area contributed by atoms with E-state index in [-0.39, 0.29) is 17.2 Å². The van der Waals surface area contributed by atoms with E-state index in [0.29, 0.717) is 5.56 Å². The minimum atomic E-state index is -0.921. The van der Waals surface area contributed by atoms with Crippen LogP contribution in [0.1, 0.15) is 27.5 Å². The van der Waals surface area contributed by atoms with Crippen LogP contribution >= 0.6 is 0 Å². The molecular weight excluding hydrogens is 446 g/mol. The van der Waals surface area contributed by atoms with Crippen molar-refractivity contribution in [1.82, 2.24) is 4.90 Å². The minimum absolute atomic E-state index is 0.140. The van der Waals surface area contributed by atoms with Gasteiger partial charge in [-0.3, -0.25) is 24.5 Å². The van der Waals surface area contributed by atoms with E-state index >= 15 is 0 Å². The summed E-state index contributed by atoms with van der Waals surface area (Å²) in [6.45, 7) is 0. The number of nitro benzene ring substituents is 1. The van der Waals surface area contributed by atoms with Gasteiger partial charge in [-0.25, -0.2) is 4.90 Å². The molecule has 0 spiro atoms. The van der Waals surface area contributed by atoms with Crippen LogP contribution < -0.4 is 4.90 Å². The third kappa shape index (κ3) is 3.03. The summed E-state index contributed by atoms with van der Waals surface area (Å²) >= 11 is 0. The third-order valence-corrected chi connectivity index (χ3v) is 7.09. The molecule has 3 aromatic carbocycles. The van der Waals surface area contributed by atoms with Crippen LogP contribution in [-0.4, -0.2) is 33.5 Å². The summed E-state index contributed by atoms with van der Waals surface area (Å²) in [6, 6.07) is 20.4. The number of fused-ring (bicyclic) bond motifs is 5. The highest BCUT2D eigenvalue weighted by Gasteiger charge is 2.64. The third-order valence-electron chi connectivity index (χ3n) is 7.09. The lowest BCUT2D eigenvalue weighted by Gasteiger charge is -2.35. The second-order valence-electron chi connectivity index (χ2n) is 8.85. The van der Waals surface area contributed by atoms with E-state index in [0.717, 1.165) is 16.0 Å². The molecule has 2 fully saturated rings. The Morgan fingerprint density at radius 2 is 1.57 bits per heavy atom. The number of hydrogen-bond acceptors (Lipinski definition) is 6. The van der Waals surface area contributed by atoms with E-state index in [1.807, 2.05) is 41.3 Å². The summed E-state index contributed by atoms with van der Waals surface area (Å²) in [5.74, 6) is -2.94. The molecule has 6 rings (SSSR count). The Hall–Kier alpha value is -4.59. The summed E-state index contributed by atoms with van der Waals surface area (Å²) in [4.78, 5) is 55.0. The smallest absolute Gasteiger partial charge is 0.271 e. The number of carbonyl (C=O) groups excluding carboxylic acids is 3. The van der Waals surface area contributed by atoms with E-state index in [2.05, 4.69) is 0 Å². The van der Waals surface area contributed by atoms with Gasteiger partial charge in [0.1, 0.15) is 6.04 Å². The molecule has 8 heteroatoms. The van der Waals surface area contributed by atoms with Gasteiger partial charge in [0, 0.05) is 23.9 Å². The minimum Gasteiger partial charge on any atom is -0.358 e. The Bertz CT molecular complexity index is 1430. The predicted molar refractivity (Wildman–Crippen MR) is 127 cm³/mol. The topological polar surface area (TPSA) is 101 Å². The van der Waals surface area contributed by atoms with Crippen molar-refractivity contribution in [2.45, 2.75) is 12.1 Å². The summed E-state index contributed by atoms with van der Waals surface area (Å²) < 4.78 is 0. The number of amides is 2. The highest BCUT2D eigenvalue weighted by atomic mass is 16.6. The molecule has 3 aliphatic heterocycles. The molecule has 2 amide bonds. The molecule has 3 aliphatic rings. The molecule has 0 unspecified atom stereocenters. The fourth-order valence-electron chi connectivity index (χ4n) is 5.63. The average Bonchev–Trinajstić information content (AvgIpc) is 3.36. The van der Waals surface area contributed by atoms with Gasteiger partial charge < -0.3 is 4.90 Å². The van der Waals surface area contributed by atoms with Crippen LogP contribution in [0.4, 0.5) is 11.4 Å². The number of imide groups is 1. The Labute approximate surface area is 200 Å². The Balaban J connectivity index is 1.50. The van der Waals surface area contributed by atoms with Gasteiger partial charge in [-0.1, -0.05) is 60.7 Å². The van der Waals surface area contributed by atoms with Crippen molar-refractivity contribution in [3.05, 3.63) is 112 Å². The molecule has 4 atom stereocenters. The van der Waals surface area contributed by atoms with Crippen molar-refractivity contribution in [3.8, 4) is 0 Å². The van der Waals surface area contributed by atoms with Crippen molar-refractivity contribution in [2.75, 3.05) is 4.90 Å². The number of nitro groups is 1. The molecule has 0 aromatic heterocycles. The highest BCUT2D eigenvalue weighted by molar-refractivity contribution is 6.24. The van der Waals surface area contributed by atoms with Crippen molar-refractivity contribution < 1.29 is 19.3 Å². The number of anilines is 1. The standard InChI is InChI=1S/C27H19N3O5/c31-25(17-8-2-1-3-9-17)24-22-21(23-20-12-5-4-7-16(20)13-14-28(23)24)26(32)29(27(22)33)18-10-6-11-19(15-18)30(34)35/h1-15,21-24H/t21-,22+,23+,24-/m0/s1. The van der Waals surface area contributed by atoms with E-state index in [1.54, 1.807) is 30.5 Å². The number of non-ortho nitro benzene ring substituents is 1. The Kier molecular flexibility index (Phi) is 4.63. The molecule has 0 aliphatic carbocycles. The molecule has 0 bridgehead atoms. The second-order valence-corrected chi connectivity index (χ2v) is 8.85. The van der Waals surface area contributed by atoms with E-state index in [4.69, 9.17) is 0 Å².